The van der Waals surface area contributed by atoms with Crippen molar-refractivity contribution < 1.29 is 40.6 Å². The maximum Gasteiger partial charge on any atom is 0.400 e. The molecule has 5 rings (SSSR count). The molecule has 1 saturated carbocycles. The Hall–Kier alpha value is -3.55. The fourth-order valence-corrected chi connectivity index (χ4v) is 6.22. The van der Waals surface area contributed by atoms with Gasteiger partial charge >= 0.3 is 6.11 Å². The molecule has 240 valence electrons. The first kappa shape index (κ1) is 32.8. The van der Waals surface area contributed by atoms with Crippen LogP contribution >= 0.6 is 0 Å². The Bertz CT molecular complexity index is 1500. The summed E-state index contributed by atoms with van der Waals surface area (Å²) in [4.78, 5) is 0. The SMILES string of the molecule is CCCCCC1COC(c2ccc(-c3ccc(C4CCC(C(F)(F)Oc5cc(F)c(C#N)c(F)c5)CC4)c(F)c3)c(F)c2)OC1. The highest BCUT2D eigenvalue weighted by atomic mass is 19.3. The Balaban J connectivity index is 1.18. The maximum atomic E-state index is 15.3. The van der Waals surface area contributed by atoms with E-state index in [4.69, 9.17) is 14.7 Å². The van der Waals surface area contributed by atoms with Crippen LogP contribution in [0.5, 0.6) is 5.75 Å². The first-order valence-electron chi connectivity index (χ1n) is 15.4. The van der Waals surface area contributed by atoms with Crippen LogP contribution in [0.4, 0.5) is 26.3 Å². The highest BCUT2D eigenvalue weighted by molar-refractivity contribution is 5.65. The van der Waals surface area contributed by atoms with Gasteiger partial charge in [0.1, 0.15) is 40.7 Å². The van der Waals surface area contributed by atoms with E-state index in [-0.39, 0.29) is 37.2 Å². The van der Waals surface area contributed by atoms with Crippen molar-refractivity contribution in [3.8, 4) is 22.9 Å². The highest BCUT2D eigenvalue weighted by Gasteiger charge is 2.44. The van der Waals surface area contributed by atoms with Gasteiger partial charge in [0, 0.05) is 29.2 Å². The van der Waals surface area contributed by atoms with Gasteiger partial charge in [0.15, 0.2) is 6.29 Å². The first-order chi connectivity index (χ1) is 21.6. The number of rotatable bonds is 10. The van der Waals surface area contributed by atoms with Gasteiger partial charge in [0.05, 0.1) is 19.1 Å². The Labute approximate surface area is 258 Å². The highest BCUT2D eigenvalue weighted by Crippen LogP contribution is 2.44. The summed E-state index contributed by atoms with van der Waals surface area (Å²) < 4.78 is 104. The van der Waals surface area contributed by atoms with Crippen LogP contribution in [0.1, 0.15) is 87.2 Å². The molecule has 0 spiro atoms. The molecule has 3 aromatic carbocycles. The number of ether oxygens (including phenoxy) is 3. The molecule has 0 amide bonds. The van der Waals surface area contributed by atoms with Crippen LogP contribution in [0.25, 0.3) is 11.1 Å². The third-order valence-electron chi connectivity index (χ3n) is 8.78. The molecule has 1 aliphatic carbocycles. The van der Waals surface area contributed by atoms with E-state index >= 15 is 8.78 Å². The van der Waals surface area contributed by atoms with Gasteiger partial charge < -0.3 is 14.2 Å². The predicted octanol–water partition coefficient (Wildman–Crippen LogP) is 9.97. The van der Waals surface area contributed by atoms with Crippen molar-refractivity contribution in [1.82, 2.24) is 0 Å². The summed E-state index contributed by atoms with van der Waals surface area (Å²) in [5.74, 6) is -5.67. The Morgan fingerprint density at radius 2 is 1.53 bits per heavy atom. The zero-order valence-corrected chi connectivity index (χ0v) is 24.9. The van der Waals surface area contributed by atoms with E-state index in [2.05, 4.69) is 11.7 Å². The summed E-state index contributed by atoms with van der Waals surface area (Å²) in [6, 6.07) is 11.5. The van der Waals surface area contributed by atoms with Crippen molar-refractivity contribution in [1.29, 1.82) is 5.26 Å². The smallest absolute Gasteiger partial charge is 0.400 e. The number of nitriles is 1. The zero-order valence-electron chi connectivity index (χ0n) is 24.9. The number of halogens is 6. The standard InChI is InChI=1S/C35H35F6NO3/c1-2-3-4-5-21-19-43-34(44-20-21)24-9-13-28(31(37)15-24)23-8-12-27(30(36)14-23)22-6-10-25(11-7-22)35(40,41)45-26-16-32(38)29(18-42)33(39)17-26/h8-9,12-17,21-22,25,34H,2-7,10-11,19-20H2,1H3. The molecule has 3 aromatic rings. The Morgan fingerprint density at radius 3 is 2.13 bits per heavy atom. The number of hydrogen-bond donors (Lipinski definition) is 0. The van der Waals surface area contributed by atoms with Gasteiger partial charge in [-0.3, -0.25) is 0 Å². The van der Waals surface area contributed by atoms with E-state index in [9.17, 15) is 17.6 Å². The fraction of sp³-hybridized carbons (Fsp3) is 0.457. The van der Waals surface area contributed by atoms with Crippen LogP contribution in [0.15, 0.2) is 48.5 Å². The van der Waals surface area contributed by atoms with Gasteiger partial charge in [0.2, 0.25) is 0 Å². The third kappa shape index (κ3) is 7.64. The van der Waals surface area contributed by atoms with Gasteiger partial charge in [0.25, 0.3) is 0 Å². The van der Waals surface area contributed by atoms with Crippen molar-refractivity contribution in [3.05, 3.63) is 88.5 Å². The number of alkyl halides is 2. The zero-order chi connectivity index (χ0) is 32.1. The predicted molar refractivity (Wildman–Crippen MR) is 155 cm³/mol. The first-order valence-corrected chi connectivity index (χ1v) is 15.4. The quantitative estimate of drug-likeness (QED) is 0.165. The van der Waals surface area contributed by atoms with Crippen molar-refractivity contribution in [3.63, 3.8) is 0 Å². The van der Waals surface area contributed by atoms with E-state index in [1.165, 1.54) is 24.6 Å². The van der Waals surface area contributed by atoms with Crippen LogP contribution in [0.2, 0.25) is 0 Å². The minimum Gasteiger partial charge on any atom is -0.432 e. The lowest BCUT2D eigenvalue weighted by Gasteiger charge is -2.33. The Kier molecular flexibility index (Phi) is 10.4. The van der Waals surface area contributed by atoms with Crippen molar-refractivity contribution in [2.45, 2.75) is 76.6 Å². The summed E-state index contributed by atoms with van der Waals surface area (Å²) in [7, 11) is 0. The molecule has 1 heterocycles. The van der Waals surface area contributed by atoms with E-state index in [0.717, 1.165) is 19.3 Å². The largest absolute Gasteiger partial charge is 0.432 e. The second-order valence-corrected chi connectivity index (χ2v) is 11.9. The van der Waals surface area contributed by atoms with E-state index in [0.29, 0.717) is 48.0 Å². The molecule has 45 heavy (non-hydrogen) atoms. The molecule has 2 fully saturated rings. The average Bonchev–Trinajstić information content (AvgIpc) is 3.01. The lowest BCUT2D eigenvalue weighted by atomic mass is 9.77. The minimum atomic E-state index is -3.73. The summed E-state index contributed by atoms with van der Waals surface area (Å²) in [6.07, 6.45) is 0.524. The molecular formula is C35H35F6NO3. The second-order valence-electron chi connectivity index (χ2n) is 11.9. The molecule has 0 radical (unpaired) electrons. The van der Waals surface area contributed by atoms with Gasteiger partial charge in [-0.05, 0) is 61.3 Å². The molecule has 1 aliphatic heterocycles. The minimum absolute atomic E-state index is 0.0129. The van der Waals surface area contributed by atoms with Gasteiger partial charge in [-0.25, -0.2) is 17.6 Å². The summed E-state index contributed by atoms with van der Waals surface area (Å²) >= 11 is 0. The molecule has 0 unspecified atom stereocenters. The average molecular weight is 632 g/mol. The number of unbranched alkanes of at least 4 members (excludes halogenated alkanes) is 2. The van der Waals surface area contributed by atoms with Crippen molar-refractivity contribution >= 4 is 0 Å². The molecular weight excluding hydrogens is 596 g/mol. The number of hydrogen-bond acceptors (Lipinski definition) is 4. The van der Waals surface area contributed by atoms with Gasteiger partial charge in [-0.2, -0.15) is 14.0 Å². The summed E-state index contributed by atoms with van der Waals surface area (Å²) in [5, 5.41) is 8.77. The summed E-state index contributed by atoms with van der Waals surface area (Å²) in [5.41, 5.74) is 0.583. The molecule has 0 aromatic heterocycles. The number of benzene rings is 3. The second kappa shape index (κ2) is 14.3. The van der Waals surface area contributed by atoms with E-state index in [1.807, 2.05) is 0 Å². The van der Waals surface area contributed by atoms with Crippen LogP contribution in [-0.4, -0.2) is 19.3 Å². The van der Waals surface area contributed by atoms with Crippen LogP contribution in [-0.2, 0) is 9.47 Å². The van der Waals surface area contributed by atoms with Crippen LogP contribution in [0.3, 0.4) is 0 Å². The lowest BCUT2D eigenvalue weighted by molar-refractivity contribution is -0.222. The van der Waals surface area contributed by atoms with E-state index in [1.54, 1.807) is 24.3 Å². The maximum absolute atomic E-state index is 15.3. The van der Waals surface area contributed by atoms with Crippen LogP contribution in [0, 0.1) is 46.4 Å². The lowest BCUT2D eigenvalue weighted by Crippen LogP contribution is -2.37. The molecule has 4 nitrogen and oxygen atoms in total. The van der Waals surface area contributed by atoms with Gasteiger partial charge in [-0.1, -0.05) is 50.5 Å². The molecule has 0 N–H and O–H groups in total. The summed E-state index contributed by atoms with van der Waals surface area (Å²) in [6.45, 7) is 3.25. The monoisotopic (exact) mass is 631 g/mol. The van der Waals surface area contributed by atoms with Crippen LogP contribution < -0.4 is 4.74 Å². The number of nitrogens with zero attached hydrogens (tertiary/aromatic N) is 1. The molecule has 10 heteroatoms. The van der Waals surface area contributed by atoms with Crippen molar-refractivity contribution in [2.75, 3.05) is 13.2 Å². The fourth-order valence-electron chi connectivity index (χ4n) is 6.22. The Morgan fingerprint density at radius 1 is 0.844 bits per heavy atom. The molecule has 2 aliphatic rings. The van der Waals surface area contributed by atoms with Crippen molar-refractivity contribution in [2.24, 2.45) is 11.8 Å². The van der Waals surface area contributed by atoms with Gasteiger partial charge in [-0.15, -0.1) is 0 Å². The third-order valence-corrected chi connectivity index (χ3v) is 8.78. The van der Waals surface area contributed by atoms with E-state index < -0.39 is 52.9 Å². The molecule has 0 atom stereocenters. The molecule has 1 saturated heterocycles. The molecule has 0 bridgehead atoms. The topological polar surface area (TPSA) is 51.5 Å². The normalized spacial score (nSPS) is 22.2.